The van der Waals surface area contributed by atoms with Crippen molar-refractivity contribution in [2.75, 3.05) is 0 Å². The molecule has 0 saturated heterocycles. The van der Waals surface area contributed by atoms with Crippen LogP contribution in [0, 0.1) is 6.92 Å². The summed E-state index contributed by atoms with van der Waals surface area (Å²) in [4.78, 5) is 0. The van der Waals surface area contributed by atoms with Crippen LogP contribution < -0.4 is 4.57 Å². The maximum Gasteiger partial charge on any atom is 0.286 e. The Balaban J connectivity index is 1.92. The van der Waals surface area contributed by atoms with Gasteiger partial charge in [-0.3, -0.25) is 0 Å². The zero-order valence-electron chi connectivity index (χ0n) is 21.7. The molecule has 0 fully saturated rings. The smallest absolute Gasteiger partial charge is 0.286 e. The molecule has 0 amide bonds. The Morgan fingerprint density at radius 1 is 0.886 bits per heavy atom. The first-order chi connectivity index (χ1) is 16.7. The van der Waals surface area contributed by atoms with Crippen molar-refractivity contribution in [1.29, 1.82) is 0 Å². The largest absolute Gasteiger partial charge is 0.456 e. The van der Waals surface area contributed by atoms with Crippen LogP contribution in [0.25, 0.3) is 49.6 Å². The second-order valence-corrected chi connectivity index (χ2v) is 11.2. The highest BCUT2D eigenvalue weighted by Crippen LogP contribution is 2.46. The van der Waals surface area contributed by atoms with Gasteiger partial charge in [0.15, 0.2) is 0 Å². The predicted molar refractivity (Wildman–Crippen MR) is 147 cm³/mol. The minimum atomic E-state index is 0.0634. The van der Waals surface area contributed by atoms with Crippen LogP contribution in [0.3, 0.4) is 0 Å². The van der Waals surface area contributed by atoms with Gasteiger partial charge < -0.3 is 4.42 Å². The van der Waals surface area contributed by atoms with E-state index in [0.29, 0.717) is 5.92 Å². The van der Waals surface area contributed by atoms with E-state index in [9.17, 15) is 0 Å². The highest BCUT2D eigenvalue weighted by atomic mass is 16.3. The molecule has 0 saturated carbocycles. The lowest BCUT2D eigenvalue weighted by Gasteiger charge is -2.19. The Morgan fingerprint density at radius 3 is 2.29 bits per heavy atom. The number of aromatic nitrogens is 2. The molecule has 3 heteroatoms. The van der Waals surface area contributed by atoms with E-state index < -0.39 is 0 Å². The molecule has 3 aromatic carbocycles. The van der Waals surface area contributed by atoms with Crippen molar-refractivity contribution < 1.29 is 8.98 Å². The molecule has 0 spiro atoms. The Kier molecular flexibility index (Phi) is 4.67. The van der Waals surface area contributed by atoms with Crippen LogP contribution in [0.15, 0.2) is 71.3 Å². The zero-order valence-corrected chi connectivity index (χ0v) is 21.7. The lowest BCUT2D eigenvalue weighted by atomic mass is 9.87. The normalized spacial score (nSPS) is 12.7. The van der Waals surface area contributed by atoms with Crippen molar-refractivity contribution in [3.63, 3.8) is 0 Å². The predicted octanol–water partition coefficient (Wildman–Crippen LogP) is 8.24. The molecule has 0 atom stereocenters. The maximum atomic E-state index is 6.57. The molecule has 6 aromatic rings. The SMILES string of the molecule is Cc1c(C(C)C)c2oc3ccccc3c2c2c3ccccc3n(-c3cc(C(C)(C)C)cc[n+]3C)c12. The van der Waals surface area contributed by atoms with Crippen molar-refractivity contribution in [2.24, 2.45) is 7.05 Å². The summed E-state index contributed by atoms with van der Waals surface area (Å²) in [7, 11) is 2.15. The van der Waals surface area contributed by atoms with E-state index in [0.717, 1.165) is 11.2 Å². The van der Waals surface area contributed by atoms with Gasteiger partial charge in [0.25, 0.3) is 5.82 Å². The summed E-state index contributed by atoms with van der Waals surface area (Å²) in [5, 5.41) is 4.96. The average molecular weight is 462 g/mol. The van der Waals surface area contributed by atoms with Gasteiger partial charge >= 0.3 is 0 Å². The van der Waals surface area contributed by atoms with Gasteiger partial charge in [-0.25, -0.2) is 4.57 Å². The van der Waals surface area contributed by atoms with Crippen molar-refractivity contribution in [2.45, 2.75) is 52.9 Å². The number of benzene rings is 3. The van der Waals surface area contributed by atoms with Gasteiger partial charge in [-0.1, -0.05) is 65.0 Å². The molecule has 3 nitrogen and oxygen atoms in total. The van der Waals surface area contributed by atoms with Crippen LogP contribution in [-0.2, 0) is 12.5 Å². The van der Waals surface area contributed by atoms with Gasteiger partial charge in [0.2, 0.25) is 0 Å². The van der Waals surface area contributed by atoms with Crippen LogP contribution in [0.1, 0.15) is 57.2 Å². The molecule has 0 aliphatic heterocycles. The molecule has 0 bridgehead atoms. The lowest BCUT2D eigenvalue weighted by molar-refractivity contribution is -0.665. The summed E-state index contributed by atoms with van der Waals surface area (Å²) in [5.74, 6) is 1.51. The molecule has 0 radical (unpaired) electrons. The summed E-state index contributed by atoms with van der Waals surface area (Å²) >= 11 is 0. The standard InChI is InChI=1S/C32H33N2O/c1-19(2)27-20(3)30-28(29-23-13-9-11-15-25(23)35-31(27)29)22-12-8-10-14-24(22)34(30)26-18-21(32(4,5)6)16-17-33(26)7/h8-19H,1-7H3/q+1. The van der Waals surface area contributed by atoms with E-state index in [2.05, 4.69) is 125 Å². The zero-order chi connectivity index (χ0) is 24.6. The number of nitrogens with zero attached hydrogens (tertiary/aromatic N) is 2. The van der Waals surface area contributed by atoms with Crippen molar-refractivity contribution in [1.82, 2.24) is 4.57 Å². The molecule has 0 aliphatic rings. The fourth-order valence-corrected chi connectivity index (χ4v) is 5.81. The molecule has 0 N–H and O–H groups in total. The van der Waals surface area contributed by atoms with Crippen LogP contribution in [-0.4, -0.2) is 4.57 Å². The summed E-state index contributed by atoms with van der Waals surface area (Å²) in [6.45, 7) is 13.7. The molecule has 3 heterocycles. The number of furan rings is 1. The van der Waals surface area contributed by atoms with E-state index in [1.54, 1.807) is 0 Å². The van der Waals surface area contributed by atoms with E-state index in [-0.39, 0.29) is 5.41 Å². The number of aryl methyl sites for hydroxylation is 2. The number of rotatable bonds is 2. The van der Waals surface area contributed by atoms with E-state index in [4.69, 9.17) is 4.42 Å². The van der Waals surface area contributed by atoms with Crippen LogP contribution in [0.2, 0.25) is 0 Å². The quantitative estimate of drug-likeness (QED) is 0.238. The van der Waals surface area contributed by atoms with Gasteiger partial charge in [-0.15, -0.1) is 0 Å². The first-order valence-corrected chi connectivity index (χ1v) is 12.6. The third-order valence-corrected chi connectivity index (χ3v) is 7.52. The summed E-state index contributed by atoms with van der Waals surface area (Å²) in [6, 6.07) is 21.9. The van der Waals surface area contributed by atoms with Crippen LogP contribution >= 0.6 is 0 Å². The van der Waals surface area contributed by atoms with Gasteiger partial charge in [-0.05, 0) is 48.1 Å². The van der Waals surface area contributed by atoms with E-state index in [1.807, 2.05) is 0 Å². The second-order valence-electron chi connectivity index (χ2n) is 11.2. The Labute approximate surface area is 206 Å². The molecule has 0 unspecified atom stereocenters. The third-order valence-electron chi connectivity index (χ3n) is 7.52. The first kappa shape index (κ1) is 21.9. The lowest BCUT2D eigenvalue weighted by Crippen LogP contribution is -2.34. The minimum Gasteiger partial charge on any atom is -0.456 e. The van der Waals surface area contributed by atoms with Crippen molar-refractivity contribution in [3.05, 3.63) is 83.6 Å². The van der Waals surface area contributed by atoms with E-state index >= 15 is 0 Å². The van der Waals surface area contributed by atoms with Gasteiger partial charge in [0.05, 0.1) is 13.2 Å². The number of hydrogen-bond donors (Lipinski definition) is 0. The summed E-state index contributed by atoms with van der Waals surface area (Å²) in [5.41, 5.74) is 8.45. The highest BCUT2D eigenvalue weighted by Gasteiger charge is 2.30. The molecule has 6 rings (SSSR count). The maximum absolute atomic E-state index is 6.57. The van der Waals surface area contributed by atoms with Crippen molar-refractivity contribution >= 4 is 43.7 Å². The fraction of sp³-hybridized carbons (Fsp3) is 0.281. The number of fused-ring (bicyclic) bond motifs is 7. The van der Waals surface area contributed by atoms with E-state index in [1.165, 1.54) is 55.1 Å². The Bertz CT molecular complexity index is 1770. The molecule has 0 aliphatic carbocycles. The van der Waals surface area contributed by atoms with Crippen molar-refractivity contribution in [3.8, 4) is 5.82 Å². The fourth-order valence-electron chi connectivity index (χ4n) is 5.81. The Hall–Kier alpha value is -3.59. The number of pyridine rings is 1. The topological polar surface area (TPSA) is 21.9 Å². The third kappa shape index (κ3) is 3.07. The Morgan fingerprint density at radius 2 is 1.57 bits per heavy atom. The highest BCUT2D eigenvalue weighted by molar-refractivity contribution is 6.28. The molecule has 176 valence electrons. The molecular weight excluding hydrogens is 428 g/mol. The minimum absolute atomic E-state index is 0.0634. The van der Waals surface area contributed by atoms with Gasteiger partial charge in [0.1, 0.15) is 22.2 Å². The average Bonchev–Trinajstić information content (AvgIpc) is 3.34. The molecule has 35 heavy (non-hydrogen) atoms. The van der Waals surface area contributed by atoms with Crippen LogP contribution in [0.5, 0.6) is 0 Å². The van der Waals surface area contributed by atoms with Crippen LogP contribution in [0.4, 0.5) is 0 Å². The molecular formula is C32H33N2O+. The number of para-hydroxylation sites is 2. The van der Waals surface area contributed by atoms with Gasteiger partial charge in [0, 0.05) is 38.7 Å². The molecule has 3 aromatic heterocycles. The number of hydrogen-bond acceptors (Lipinski definition) is 1. The van der Waals surface area contributed by atoms with Gasteiger partial charge in [-0.2, -0.15) is 4.57 Å². The summed E-state index contributed by atoms with van der Waals surface area (Å²) in [6.07, 6.45) is 2.20. The second kappa shape index (κ2) is 7.45. The summed E-state index contributed by atoms with van der Waals surface area (Å²) < 4.78 is 11.3. The monoisotopic (exact) mass is 461 g/mol. The first-order valence-electron chi connectivity index (χ1n) is 12.6.